The number of nitriles is 2. The third-order valence-corrected chi connectivity index (χ3v) is 2.05. The molecule has 94 valence electrons. The molecule has 0 amide bonds. The molecule has 0 saturated heterocycles. The van der Waals surface area contributed by atoms with E-state index < -0.39 is 11.6 Å². The third-order valence-electron chi connectivity index (χ3n) is 2.05. The summed E-state index contributed by atoms with van der Waals surface area (Å²) in [6.45, 7) is 0. The van der Waals surface area contributed by atoms with Crippen molar-refractivity contribution in [1.29, 1.82) is 10.5 Å². The van der Waals surface area contributed by atoms with Gasteiger partial charge in [-0.25, -0.2) is 13.2 Å². The number of nitrogens with zero attached hydrogens (tertiary/aromatic N) is 2. The Balaban J connectivity index is 0.000000191. The van der Waals surface area contributed by atoms with Gasteiger partial charge in [-0.05, 0) is 36.4 Å². The predicted octanol–water partition coefficient (Wildman–Crippen LogP) is 3.53. The molecule has 0 aliphatic rings. The molecule has 0 radical (unpaired) electrons. The van der Waals surface area contributed by atoms with Gasteiger partial charge in [-0.1, -0.05) is 6.07 Å². The molecule has 0 aliphatic carbocycles. The van der Waals surface area contributed by atoms with Gasteiger partial charge < -0.3 is 0 Å². The van der Waals surface area contributed by atoms with Crippen LogP contribution in [0.2, 0.25) is 0 Å². The molecule has 0 N–H and O–H groups in total. The van der Waals surface area contributed by atoms with Crippen LogP contribution in [0.15, 0.2) is 42.5 Å². The molecule has 0 fully saturated rings. The standard InChI is InChI=1S/C7H3F2N.C7H4FN/c8-6-3-1-2-5(4-10)7(6)9;8-7-3-1-6(5-9)2-4-7/h1-3H;1-4H. The maximum atomic E-state index is 12.4. The largest absolute Gasteiger partial charge is 0.207 e. The molecule has 0 heterocycles. The van der Waals surface area contributed by atoms with Gasteiger partial charge >= 0.3 is 0 Å². The molecular weight excluding hydrogens is 253 g/mol. The minimum Gasteiger partial charge on any atom is -0.207 e. The second-order valence-electron chi connectivity index (χ2n) is 3.33. The van der Waals surface area contributed by atoms with E-state index in [4.69, 9.17) is 10.5 Å². The summed E-state index contributed by atoms with van der Waals surface area (Å²) in [6.07, 6.45) is 0. The minimum atomic E-state index is -1.08. The summed E-state index contributed by atoms with van der Waals surface area (Å²) in [5.74, 6) is -2.38. The van der Waals surface area contributed by atoms with Crippen molar-refractivity contribution in [1.82, 2.24) is 0 Å². The summed E-state index contributed by atoms with van der Waals surface area (Å²) in [5, 5.41) is 16.4. The van der Waals surface area contributed by atoms with Gasteiger partial charge in [-0.3, -0.25) is 0 Å². The molecule has 0 saturated carbocycles. The second-order valence-corrected chi connectivity index (χ2v) is 3.33. The Morgan fingerprint density at radius 1 is 0.789 bits per heavy atom. The summed E-state index contributed by atoms with van der Waals surface area (Å²) >= 11 is 0. The summed E-state index contributed by atoms with van der Waals surface area (Å²) in [4.78, 5) is 0. The summed E-state index contributed by atoms with van der Waals surface area (Å²) < 4.78 is 36.8. The molecule has 5 heteroatoms. The van der Waals surface area contributed by atoms with Gasteiger partial charge in [0.05, 0.1) is 17.2 Å². The second kappa shape index (κ2) is 6.83. The molecule has 2 aromatic rings. The summed E-state index contributed by atoms with van der Waals surface area (Å²) in [5.41, 5.74) is 0.219. The van der Waals surface area contributed by atoms with E-state index in [0.717, 1.165) is 6.07 Å². The van der Waals surface area contributed by atoms with E-state index in [-0.39, 0.29) is 11.4 Å². The van der Waals surface area contributed by atoms with Crippen molar-refractivity contribution in [3.05, 3.63) is 71.0 Å². The highest BCUT2D eigenvalue weighted by molar-refractivity contribution is 5.30. The topological polar surface area (TPSA) is 47.6 Å². The summed E-state index contributed by atoms with van der Waals surface area (Å²) in [6, 6.07) is 12.3. The van der Waals surface area contributed by atoms with Crippen molar-refractivity contribution >= 4 is 0 Å². The number of hydrogen-bond donors (Lipinski definition) is 0. The average Bonchev–Trinajstić information content (AvgIpc) is 2.43. The molecule has 2 nitrogen and oxygen atoms in total. The van der Waals surface area contributed by atoms with Crippen LogP contribution in [0.1, 0.15) is 11.1 Å². The zero-order chi connectivity index (χ0) is 14.3. The highest BCUT2D eigenvalue weighted by Gasteiger charge is 2.04. The van der Waals surface area contributed by atoms with Crippen LogP contribution in [0, 0.1) is 40.1 Å². The fraction of sp³-hybridized carbons (Fsp3) is 0. The van der Waals surface area contributed by atoms with Crippen LogP contribution >= 0.6 is 0 Å². The number of hydrogen-bond acceptors (Lipinski definition) is 2. The lowest BCUT2D eigenvalue weighted by molar-refractivity contribution is 0.506. The van der Waals surface area contributed by atoms with Crippen molar-refractivity contribution in [2.45, 2.75) is 0 Å². The molecule has 2 rings (SSSR count). The molecule has 0 bridgehead atoms. The maximum absolute atomic E-state index is 12.4. The monoisotopic (exact) mass is 260 g/mol. The highest BCUT2D eigenvalue weighted by Crippen LogP contribution is 2.08. The van der Waals surface area contributed by atoms with Crippen LogP contribution in [0.4, 0.5) is 13.2 Å². The van der Waals surface area contributed by atoms with Gasteiger partial charge in [-0.15, -0.1) is 0 Å². The molecule has 19 heavy (non-hydrogen) atoms. The van der Waals surface area contributed by atoms with Gasteiger partial charge in [0.25, 0.3) is 0 Å². The van der Waals surface area contributed by atoms with E-state index in [9.17, 15) is 13.2 Å². The van der Waals surface area contributed by atoms with Gasteiger partial charge in [-0.2, -0.15) is 10.5 Å². The maximum Gasteiger partial charge on any atom is 0.176 e. The Morgan fingerprint density at radius 3 is 1.89 bits per heavy atom. The molecule has 0 aromatic heterocycles. The zero-order valence-electron chi connectivity index (χ0n) is 9.57. The lowest BCUT2D eigenvalue weighted by atomic mass is 10.2. The van der Waals surface area contributed by atoms with Crippen molar-refractivity contribution in [3.8, 4) is 12.1 Å². The first kappa shape index (κ1) is 14.3. The fourth-order valence-corrected chi connectivity index (χ4v) is 1.11. The Hall–Kier alpha value is -2.79. The third kappa shape index (κ3) is 4.18. The minimum absolute atomic E-state index is 0.264. The van der Waals surface area contributed by atoms with E-state index in [0.29, 0.717) is 5.56 Å². The quantitative estimate of drug-likeness (QED) is 0.727. The van der Waals surface area contributed by atoms with Gasteiger partial charge in [0.1, 0.15) is 11.9 Å². The van der Waals surface area contributed by atoms with Gasteiger partial charge in [0.15, 0.2) is 11.6 Å². The number of halogens is 3. The molecule has 0 unspecified atom stereocenters. The molecule has 0 aliphatic heterocycles. The zero-order valence-corrected chi connectivity index (χ0v) is 9.57. The number of benzene rings is 2. The van der Waals surface area contributed by atoms with E-state index in [2.05, 4.69) is 0 Å². The van der Waals surface area contributed by atoms with Gasteiger partial charge in [0, 0.05) is 0 Å². The van der Waals surface area contributed by atoms with E-state index in [1.165, 1.54) is 42.5 Å². The lowest BCUT2D eigenvalue weighted by Crippen LogP contribution is -1.87. The molecular formula is C14H7F3N2. The molecule has 2 aromatic carbocycles. The highest BCUT2D eigenvalue weighted by atomic mass is 19.2. The van der Waals surface area contributed by atoms with E-state index in [1.807, 2.05) is 6.07 Å². The fourth-order valence-electron chi connectivity index (χ4n) is 1.11. The van der Waals surface area contributed by atoms with Crippen LogP contribution < -0.4 is 0 Å². The van der Waals surface area contributed by atoms with Crippen molar-refractivity contribution in [2.24, 2.45) is 0 Å². The van der Waals surface area contributed by atoms with Crippen LogP contribution in [0.5, 0.6) is 0 Å². The van der Waals surface area contributed by atoms with E-state index >= 15 is 0 Å². The van der Waals surface area contributed by atoms with Crippen LogP contribution in [0.3, 0.4) is 0 Å². The van der Waals surface area contributed by atoms with Gasteiger partial charge in [0.2, 0.25) is 0 Å². The van der Waals surface area contributed by atoms with E-state index in [1.54, 1.807) is 0 Å². The first-order chi connectivity index (χ1) is 9.08. The Bertz CT molecular complexity index is 637. The first-order valence-corrected chi connectivity index (χ1v) is 5.08. The van der Waals surface area contributed by atoms with Crippen molar-refractivity contribution < 1.29 is 13.2 Å². The van der Waals surface area contributed by atoms with Crippen molar-refractivity contribution in [2.75, 3.05) is 0 Å². The van der Waals surface area contributed by atoms with Crippen LogP contribution in [-0.2, 0) is 0 Å². The van der Waals surface area contributed by atoms with Crippen molar-refractivity contribution in [3.63, 3.8) is 0 Å². The predicted molar refractivity (Wildman–Crippen MR) is 62.2 cm³/mol. The average molecular weight is 260 g/mol. The Kier molecular flexibility index (Phi) is 5.13. The molecule has 0 spiro atoms. The smallest absolute Gasteiger partial charge is 0.176 e. The van der Waals surface area contributed by atoms with Crippen LogP contribution in [0.25, 0.3) is 0 Å². The summed E-state index contributed by atoms with van der Waals surface area (Å²) in [7, 11) is 0. The van der Waals surface area contributed by atoms with Crippen LogP contribution in [-0.4, -0.2) is 0 Å². The number of rotatable bonds is 0. The Labute approximate surface area is 108 Å². The normalized spacial score (nSPS) is 8.68. The Morgan fingerprint density at radius 2 is 1.42 bits per heavy atom. The lowest BCUT2D eigenvalue weighted by Gasteiger charge is -1.91. The first-order valence-electron chi connectivity index (χ1n) is 5.08. The molecule has 0 atom stereocenters. The SMILES string of the molecule is N#Cc1ccc(F)cc1.N#Cc1cccc(F)c1F.